The minimum absolute atomic E-state index is 0.202. The van der Waals surface area contributed by atoms with Gasteiger partial charge >= 0.3 is 0 Å². The van der Waals surface area contributed by atoms with Crippen molar-refractivity contribution >= 4 is 11.6 Å². The van der Waals surface area contributed by atoms with Crippen LogP contribution in [0.5, 0.6) is 11.5 Å². The first kappa shape index (κ1) is 15.0. The Morgan fingerprint density at radius 3 is 2.83 bits per heavy atom. The van der Waals surface area contributed by atoms with Crippen LogP contribution in [0.1, 0.15) is 23.3 Å². The Bertz CT molecular complexity index is 910. The van der Waals surface area contributed by atoms with Crippen LogP contribution in [0.15, 0.2) is 42.5 Å². The molecule has 1 unspecified atom stereocenters. The normalized spacial score (nSPS) is 14.0. The minimum Gasteiger partial charge on any atom is -0.454 e. The molecule has 0 aliphatic carbocycles. The molecule has 7 heteroatoms. The standard InChI is InChI=1S/C17H14ClN3O3/c1-10-19-17(16(22)11-3-2-4-12(18)7-11)21(20-10)13-5-6-14-15(8-13)24-9-23-14/h2-8,16,22H,9H2,1H3. The molecule has 1 N–H and O–H groups in total. The zero-order chi connectivity index (χ0) is 16.7. The van der Waals surface area contributed by atoms with Crippen LogP contribution in [0.2, 0.25) is 5.02 Å². The minimum atomic E-state index is -0.949. The summed E-state index contributed by atoms with van der Waals surface area (Å²) in [7, 11) is 0. The third-order valence-corrected chi connectivity index (χ3v) is 3.98. The average molecular weight is 344 g/mol. The Hall–Kier alpha value is -2.57. The van der Waals surface area contributed by atoms with Crippen molar-refractivity contribution in [3.8, 4) is 17.2 Å². The van der Waals surface area contributed by atoms with Crippen molar-refractivity contribution in [2.45, 2.75) is 13.0 Å². The molecule has 0 radical (unpaired) electrons. The Labute approximate surface area is 143 Å². The maximum atomic E-state index is 10.7. The molecule has 1 atom stereocenters. The number of ether oxygens (including phenoxy) is 2. The van der Waals surface area contributed by atoms with Gasteiger partial charge in [-0.25, -0.2) is 9.67 Å². The second kappa shape index (κ2) is 5.81. The van der Waals surface area contributed by atoms with E-state index in [0.717, 1.165) is 5.69 Å². The van der Waals surface area contributed by atoms with Crippen molar-refractivity contribution < 1.29 is 14.6 Å². The lowest BCUT2D eigenvalue weighted by molar-refractivity contribution is 0.174. The van der Waals surface area contributed by atoms with Crippen molar-refractivity contribution in [2.24, 2.45) is 0 Å². The smallest absolute Gasteiger partial charge is 0.231 e. The zero-order valence-corrected chi connectivity index (χ0v) is 13.6. The highest BCUT2D eigenvalue weighted by Gasteiger charge is 2.22. The van der Waals surface area contributed by atoms with Gasteiger partial charge in [-0.2, -0.15) is 5.10 Å². The van der Waals surface area contributed by atoms with Gasteiger partial charge in [0, 0.05) is 11.1 Å². The predicted octanol–water partition coefficient (Wildman–Crippen LogP) is 3.04. The van der Waals surface area contributed by atoms with Gasteiger partial charge in [-0.05, 0) is 36.8 Å². The Morgan fingerprint density at radius 1 is 1.17 bits per heavy atom. The van der Waals surface area contributed by atoms with Gasteiger partial charge in [-0.15, -0.1) is 0 Å². The molecular weight excluding hydrogens is 330 g/mol. The summed E-state index contributed by atoms with van der Waals surface area (Å²) in [6, 6.07) is 12.5. The molecule has 1 aliphatic rings. The lowest BCUT2D eigenvalue weighted by atomic mass is 10.1. The van der Waals surface area contributed by atoms with Gasteiger partial charge < -0.3 is 14.6 Å². The molecule has 4 rings (SSSR count). The molecule has 0 bridgehead atoms. The summed E-state index contributed by atoms with van der Waals surface area (Å²) in [6.07, 6.45) is -0.949. The molecular formula is C17H14ClN3O3. The maximum absolute atomic E-state index is 10.7. The van der Waals surface area contributed by atoms with Crippen LogP contribution in [0.25, 0.3) is 5.69 Å². The van der Waals surface area contributed by atoms with Crippen molar-refractivity contribution in [1.29, 1.82) is 0 Å². The van der Waals surface area contributed by atoms with Gasteiger partial charge in [0.25, 0.3) is 0 Å². The van der Waals surface area contributed by atoms with E-state index in [9.17, 15) is 5.11 Å². The van der Waals surface area contributed by atoms with Crippen molar-refractivity contribution in [2.75, 3.05) is 6.79 Å². The van der Waals surface area contributed by atoms with E-state index < -0.39 is 6.10 Å². The summed E-state index contributed by atoms with van der Waals surface area (Å²) in [4.78, 5) is 4.37. The van der Waals surface area contributed by atoms with Gasteiger partial charge in [-0.1, -0.05) is 23.7 Å². The lowest BCUT2D eigenvalue weighted by Crippen LogP contribution is -2.10. The zero-order valence-electron chi connectivity index (χ0n) is 12.8. The number of aromatic nitrogens is 3. The quantitative estimate of drug-likeness (QED) is 0.791. The number of aryl methyl sites for hydroxylation is 1. The Kier molecular flexibility index (Phi) is 3.63. The summed E-state index contributed by atoms with van der Waals surface area (Å²) in [5.74, 6) is 2.30. The second-order valence-electron chi connectivity index (χ2n) is 5.42. The van der Waals surface area contributed by atoms with Crippen LogP contribution in [0, 0.1) is 6.92 Å². The fraction of sp³-hybridized carbons (Fsp3) is 0.176. The van der Waals surface area contributed by atoms with Gasteiger partial charge in [0.2, 0.25) is 6.79 Å². The maximum Gasteiger partial charge on any atom is 0.231 e. The highest BCUT2D eigenvalue weighted by molar-refractivity contribution is 6.30. The molecule has 0 amide bonds. The first-order valence-corrected chi connectivity index (χ1v) is 7.77. The van der Waals surface area contributed by atoms with E-state index in [2.05, 4.69) is 10.1 Å². The van der Waals surface area contributed by atoms with Crippen LogP contribution in [-0.2, 0) is 0 Å². The lowest BCUT2D eigenvalue weighted by Gasteiger charge is -2.13. The SMILES string of the molecule is Cc1nc(C(O)c2cccc(Cl)c2)n(-c2ccc3c(c2)OCO3)n1. The van der Waals surface area contributed by atoms with E-state index in [4.69, 9.17) is 21.1 Å². The van der Waals surface area contributed by atoms with Crippen LogP contribution in [-0.4, -0.2) is 26.7 Å². The summed E-state index contributed by atoms with van der Waals surface area (Å²) < 4.78 is 12.3. The van der Waals surface area contributed by atoms with E-state index in [1.165, 1.54) is 0 Å². The largest absolute Gasteiger partial charge is 0.454 e. The molecule has 1 aromatic heterocycles. The molecule has 24 heavy (non-hydrogen) atoms. The van der Waals surface area contributed by atoms with Crippen LogP contribution >= 0.6 is 11.6 Å². The Morgan fingerprint density at radius 2 is 2.00 bits per heavy atom. The van der Waals surface area contributed by atoms with Gasteiger partial charge in [0.05, 0.1) is 5.69 Å². The monoisotopic (exact) mass is 343 g/mol. The van der Waals surface area contributed by atoms with Crippen LogP contribution in [0.4, 0.5) is 0 Å². The molecule has 6 nitrogen and oxygen atoms in total. The number of benzene rings is 2. The molecule has 2 heterocycles. The van der Waals surface area contributed by atoms with Crippen LogP contribution < -0.4 is 9.47 Å². The molecule has 1 aliphatic heterocycles. The molecule has 0 saturated carbocycles. The topological polar surface area (TPSA) is 69.4 Å². The summed E-state index contributed by atoms with van der Waals surface area (Å²) >= 11 is 6.02. The number of nitrogens with zero attached hydrogens (tertiary/aromatic N) is 3. The van der Waals surface area contributed by atoms with Gasteiger partial charge in [-0.3, -0.25) is 0 Å². The van der Waals surface area contributed by atoms with E-state index in [0.29, 0.717) is 33.7 Å². The third kappa shape index (κ3) is 2.60. The number of hydrogen-bond donors (Lipinski definition) is 1. The third-order valence-electron chi connectivity index (χ3n) is 3.75. The predicted molar refractivity (Wildman–Crippen MR) is 87.7 cm³/mol. The molecule has 0 fully saturated rings. The number of hydrogen-bond acceptors (Lipinski definition) is 5. The fourth-order valence-corrected chi connectivity index (χ4v) is 2.84. The molecule has 3 aromatic rings. The molecule has 2 aromatic carbocycles. The first-order valence-electron chi connectivity index (χ1n) is 7.39. The summed E-state index contributed by atoms with van der Waals surface area (Å²) in [5, 5.41) is 15.7. The Balaban J connectivity index is 1.78. The molecule has 0 spiro atoms. The summed E-state index contributed by atoms with van der Waals surface area (Å²) in [6.45, 7) is 1.98. The average Bonchev–Trinajstić information content (AvgIpc) is 3.19. The van der Waals surface area contributed by atoms with Crippen LogP contribution in [0.3, 0.4) is 0 Å². The number of rotatable bonds is 3. The molecule has 0 saturated heterocycles. The molecule has 122 valence electrons. The van der Waals surface area contributed by atoms with E-state index in [1.54, 1.807) is 35.9 Å². The van der Waals surface area contributed by atoms with Gasteiger partial charge in [0.15, 0.2) is 17.3 Å². The van der Waals surface area contributed by atoms with E-state index in [-0.39, 0.29) is 6.79 Å². The van der Waals surface area contributed by atoms with E-state index >= 15 is 0 Å². The van der Waals surface area contributed by atoms with Crippen molar-refractivity contribution in [3.05, 3.63) is 64.7 Å². The number of aliphatic hydroxyl groups is 1. The second-order valence-corrected chi connectivity index (χ2v) is 5.86. The number of fused-ring (bicyclic) bond motifs is 1. The first-order chi connectivity index (χ1) is 11.6. The summed E-state index contributed by atoms with van der Waals surface area (Å²) in [5.41, 5.74) is 1.38. The van der Waals surface area contributed by atoms with E-state index in [1.807, 2.05) is 18.2 Å². The van der Waals surface area contributed by atoms with Crippen molar-refractivity contribution in [3.63, 3.8) is 0 Å². The highest BCUT2D eigenvalue weighted by Crippen LogP contribution is 2.34. The van der Waals surface area contributed by atoms with Crippen molar-refractivity contribution in [1.82, 2.24) is 14.8 Å². The fourth-order valence-electron chi connectivity index (χ4n) is 2.64. The highest BCUT2D eigenvalue weighted by atomic mass is 35.5. The number of aliphatic hydroxyl groups excluding tert-OH is 1. The van der Waals surface area contributed by atoms with Gasteiger partial charge in [0.1, 0.15) is 11.9 Å². The number of halogens is 1.